The van der Waals surface area contributed by atoms with Crippen molar-refractivity contribution in [3.8, 4) is 0 Å². The number of carbonyl (C=O) groups is 1. The van der Waals surface area contributed by atoms with Crippen LogP contribution in [0.25, 0.3) is 10.9 Å². The van der Waals surface area contributed by atoms with Gasteiger partial charge in [-0.25, -0.2) is 4.79 Å². The van der Waals surface area contributed by atoms with Gasteiger partial charge in [-0.05, 0) is 37.1 Å². The van der Waals surface area contributed by atoms with Crippen molar-refractivity contribution >= 4 is 16.8 Å². The highest BCUT2D eigenvalue weighted by atomic mass is 19.4. The maximum Gasteiger partial charge on any atom is 0.412 e. The van der Waals surface area contributed by atoms with E-state index in [4.69, 9.17) is 0 Å². The third-order valence-corrected chi connectivity index (χ3v) is 6.05. The standard InChI is InChI=1S/C23H23F3N4O3/c1-2-30-20(32)17-9-8-16(12-18(17)27-21(30)33)19(31)28-22(23(24,25)26)10-11-29(14-22)13-15-6-4-3-5-7-15/h3-9,12H,2,10-11,13-14H2,1H3,(H,27,33)(H,28,31). The van der Waals surface area contributed by atoms with Crippen LogP contribution in [-0.2, 0) is 13.1 Å². The number of nitrogens with one attached hydrogen (secondary N) is 2. The first-order chi connectivity index (χ1) is 15.6. The lowest BCUT2D eigenvalue weighted by atomic mass is 9.96. The van der Waals surface area contributed by atoms with Crippen LogP contribution in [0.1, 0.15) is 29.3 Å². The van der Waals surface area contributed by atoms with Crippen LogP contribution in [-0.4, -0.2) is 45.2 Å². The van der Waals surface area contributed by atoms with E-state index in [1.807, 2.05) is 30.3 Å². The third-order valence-electron chi connectivity index (χ3n) is 6.05. The summed E-state index contributed by atoms with van der Waals surface area (Å²) >= 11 is 0. The van der Waals surface area contributed by atoms with Gasteiger partial charge < -0.3 is 10.3 Å². The molecule has 1 amide bonds. The number of aromatic amines is 1. The van der Waals surface area contributed by atoms with Crippen molar-refractivity contribution in [1.29, 1.82) is 0 Å². The van der Waals surface area contributed by atoms with Gasteiger partial charge in [0.05, 0.1) is 10.9 Å². The average Bonchev–Trinajstić information content (AvgIpc) is 3.18. The van der Waals surface area contributed by atoms with Crippen LogP contribution in [0.3, 0.4) is 0 Å². The molecule has 1 unspecified atom stereocenters. The molecule has 0 radical (unpaired) electrons. The Bertz CT molecular complexity index is 1300. The van der Waals surface area contributed by atoms with Crippen molar-refractivity contribution in [2.75, 3.05) is 13.1 Å². The minimum atomic E-state index is -4.66. The quantitative estimate of drug-likeness (QED) is 0.613. The number of likely N-dealkylation sites (tertiary alicyclic amines) is 1. The minimum Gasteiger partial charge on any atom is -0.337 e. The fourth-order valence-corrected chi connectivity index (χ4v) is 4.24. The Morgan fingerprint density at radius 3 is 2.55 bits per heavy atom. The molecule has 33 heavy (non-hydrogen) atoms. The van der Waals surface area contributed by atoms with Gasteiger partial charge >= 0.3 is 11.9 Å². The lowest BCUT2D eigenvalue weighted by molar-refractivity contribution is -0.189. The van der Waals surface area contributed by atoms with E-state index in [0.717, 1.165) is 10.1 Å². The molecule has 1 atom stereocenters. The van der Waals surface area contributed by atoms with Gasteiger partial charge in [0.15, 0.2) is 0 Å². The molecule has 1 aromatic heterocycles. The molecule has 10 heteroatoms. The van der Waals surface area contributed by atoms with Crippen molar-refractivity contribution < 1.29 is 18.0 Å². The van der Waals surface area contributed by atoms with Gasteiger partial charge in [0, 0.05) is 31.7 Å². The third kappa shape index (κ3) is 4.30. The van der Waals surface area contributed by atoms with Crippen molar-refractivity contribution in [3.05, 3.63) is 80.5 Å². The molecule has 2 heterocycles. The number of hydrogen-bond donors (Lipinski definition) is 2. The second-order valence-electron chi connectivity index (χ2n) is 8.22. The van der Waals surface area contributed by atoms with Crippen molar-refractivity contribution in [2.24, 2.45) is 0 Å². The fourth-order valence-electron chi connectivity index (χ4n) is 4.24. The smallest absolute Gasteiger partial charge is 0.337 e. The molecule has 174 valence electrons. The Morgan fingerprint density at radius 2 is 1.88 bits per heavy atom. The maximum atomic E-state index is 14.1. The van der Waals surface area contributed by atoms with E-state index in [2.05, 4.69) is 10.3 Å². The van der Waals surface area contributed by atoms with Crippen molar-refractivity contribution in [3.63, 3.8) is 0 Å². The molecule has 0 saturated carbocycles. The molecule has 1 fully saturated rings. The van der Waals surface area contributed by atoms with Crippen molar-refractivity contribution in [2.45, 2.75) is 38.1 Å². The predicted octanol–water partition coefficient (Wildman–Crippen LogP) is 2.65. The van der Waals surface area contributed by atoms with Gasteiger partial charge in [-0.3, -0.25) is 19.1 Å². The summed E-state index contributed by atoms with van der Waals surface area (Å²) in [6.45, 7) is 1.96. The summed E-state index contributed by atoms with van der Waals surface area (Å²) in [5.41, 5.74) is -2.66. The molecular weight excluding hydrogens is 437 g/mol. The molecule has 2 aromatic carbocycles. The lowest BCUT2D eigenvalue weighted by Crippen LogP contribution is -2.60. The number of hydrogen-bond acceptors (Lipinski definition) is 4. The number of alkyl halides is 3. The van der Waals surface area contributed by atoms with Crippen LogP contribution in [0.5, 0.6) is 0 Å². The second-order valence-corrected chi connectivity index (χ2v) is 8.22. The number of benzene rings is 2. The highest BCUT2D eigenvalue weighted by Gasteiger charge is 2.59. The summed E-state index contributed by atoms with van der Waals surface area (Å²) in [6.07, 6.45) is -4.94. The van der Waals surface area contributed by atoms with E-state index >= 15 is 0 Å². The number of halogens is 3. The zero-order valence-electron chi connectivity index (χ0n) is 17.9. The number of fused-ring (bicyclic) bond motifs is 1. The van der Waals surface area contributed by atoms with Gasteiger partial charge in [-0.15, -0.1) is 0 Å². The Labute approximate surface area is 186 Å². The van der Waals surface area contributed by atoms with Crippen molar-refractivity contribution in [1.82, 2.24) is 19.8 Å². The summed E-state index contributed by atoms with van der Waals surface area (Å²) in [4.78, 5) is 41.5. The summed E-state index contributed by atoms with van der Waals surface area (Å²) in [5, 5.41) is 2.37. The first-order valence-corrected chi connectivity index (χ1v) is 10.6. The Hall–Kier alpha value is -3.40. The van der Waals surface area contributed by atoms with Crippen LogP contribution >= 0.6 is 0 Å². The zero-order valence-corrected chi connectivity index (χ0v) is 17.9. The zero-order chi connectivity index (χ0) is 23.8. The predicted molar refractivity (Wildman–Crippen MR) is 117 cm³/mol. The van der Waals surface area contributed by atoms with Crippen LogP contribution < -0.4 is 16.6 Å². The number of H-pyrrole nitrogens is 1. The average molecular weight is 460 g/mol. The molecule has 1 aliphatic heterocycles. The number of nitrogens with zero attached hydrogens (tertiary/aromatic N) is 2. The van der Waals surface area contributed by atoms with E-state index in [9.17, 15) is 27.6 Å². The van der Waals surface area contributed by atoms with E-state index < -0.39 is 28.9 Å². The van der Waals surface area contributed by atoms with Crippen LogP contribution in [0.2, 0.25) is 0 Å². The summed E-state index contributed by atoms with van der Waals surface area (Å²) in [5.74, 6) is -0.920. The number of rotatable bonds is 5. The summed E-state index contributed by atoms with van der Waals surface area (Å²) in [7, 11) is 0. The Kier molecular flexibility index (Phi) is 5.87. The summed E-state index contributed by atoms with van der Waals surface area (Å²) in [6, 6.07) is 13.0. The second kappa shape index (κ2) is 8.51. The first kappa shape index (κ1) is 22.8. The molecule has 0 bridgehead atoms. The van der Waals surface area contributed by atoms with E-state index in [0.29, 0.717) is 6.54 Å². The van der Waals surface area contributed by atoms with Crippen LogP contribution in [0, 0.1) is 0 Å². The molecule has 1 saturated heterocycles. The molecule has 3 aromatic rings. The molecule has 1 aliphatic rings. The lowest BCUT2D eigenvalue weighted by Gasteiger charge is -2.33. The minimum absolute atomic E-state index is 0.0723. The Balaban J connectivity index is 1.60. The molecule has 7 nitrogen and oxygen atoms in total. The Morgan fingerprint density at radius 1 is 1.15 bits per heavy atom. The molecule has 4 rings (SSSR count). The van der Waals surface area contributed by atoms with Crippen LogP contribution in [0.4, 0.5) is 13.2 Å². The highest BCUT2D eigenvalue weighted by molar-refractivity contribution is 5.98. The van der Waals surface area contributed by atoms with Gasteiger partial charge in [0.2, 0.25) is 0 Å². The monoisotopic (exact) mass is 460 g/mol. The normalized spacial score (nSPS) is 19.2. The number of aromatic nitrogens is 2. The van der Waals surface area contributed by atoms with E-state index in [1.165, 1.54) is 18.2 Å². The molecule has 0 aliphatic carbocycles. The molecule has 0 spiro atoms. The number of amides is 1. The number of carbonyl (C=O) groups excluding carboxylic acids is 1. The first-order valence-electron chi connectivity index (χ1n) is 10.6. The largest absolute Gasteiger partial charge is 0.412 e. The van der Waals surface area contributed by atoms with E-state index in [-0.39, 0.29) is 42.5 Å². The van der Waals surface area contributed by atoms with Gasteiger partial charge in [0.1, 0.15) is 5.54 Å². The fraction of sp³-hybridized carbons (Fsp3) is 0.348. The van der Waals surface area contributed by atoms with Gasteiger partial charge in [0.25, 0.3) is 11.5 Å². The van der Waals surface area contributed by atoms with E-state index in [1.54, 1.807) is 11.8 Å². The SMILES string of the molecule is CCn1c(=O)[nH]c2cc(C(=O)NC3(C(F)(F)F)CCN(Cc4ccccc4)C3)ccc2c1=O. The topological polar surface area (TPSA) is 87.2 Å². The summed E-state index contributed by atoms with van der Waals surface area (Å²) < 4.78 is 43.3. The molecule has 2 N–H and O–H groups in total. The maximum absolute atomic E-state index is 14.1. The van der Waals surface area contributed by atoms with Gasteiger partial charge in [-0.1, -0.05) is 30.3 Å². The molecular formula is C23H23F3N4O3. The highest BCUT2D eigenvalue weighted by Crippen LogP contribution is 2.38. The van der Waals surface area contributed by atoms with Gasteiger partial charge in [-0.2, -0.15) is 13.2 Å². The van der Waals surface area contributed by atoms with Crippen LogP contribution in [0.15, 0.2) is 58.1 Å².